The summed E-state index contributed by atoms with van der Waals surface area (Å²) < 4.78 is 0. The van der Waals surface area contributed by atoms with Crippen LogP contribution in [0.2, 0.25) is 0 Å². The van der Waals surface area contributed by atoms with Gasteiger partial charge in [-0.2, -0.15) is 11.8 Å². The highest BCUT2D eigenvalue weighted by Crippen LogP contribution is 2.14. The van der Waals surface area contributed by atoms with E-state index in [0.29, 0.717) is 44.9 Å². The van der Waals surface area contributed by atoms with E-state index in [1.54, 1.807) is 16.7 Å². The number of benzene rings is 1. The van der Waals surface area contributed by atoms with Crippen LogP contribution in [-0.4, -0.2) is 89.8 Å². The molecule has 0 aromatic heterocycles. The Kier molecular flexibility index (Phi) is 10.4. The number of thioether (sulfide) groups is 1. The Morgan fingerprint density at radius 2 is 2.00 bits per heavy atom. The summed E-state index contributed by atoms with van der Waals surface area (Å²) in [7, 11) is 0. The Labute approximate surface area is 192 Å². The van der Waals surface area contributed by atoms with Crippen LogP contribution in [0.15, 0.2) is 24.3 Å². The molecule has 0 aliphatic carbocycles. The number of nitro benzene ring substituents is 1. The number of nitrogens with zero attached hydrogens (tertiary/aromatic N) is 3. The third kappa shape index (κ3) is 7.79. The second kappa shape index (κ2) is 13.0. The van der Waals surface area contributed by atoms with Gasteiger partial charge >= 0.3 is 0 Å². The highest BCUT2D eigenvalue weighted by Gasteiger charge is 2.28. The maximum absolute atomic E-state index is 13.2. The first-order chi connectivity index (χ1) is 15.3. The number of hydrogen-bond donors (Lipinski definition) is 2. The van der Waals surface area contributed by atoms with Crippen molar-refractivity contribution in [2.24, 2.45) is 0 Å². The smallest absolute Gasteiger partial charge is 0.270 e. The Morgan fingerprint density at radius 3 is 2.69 bits per heavy atom. The van der Waals surface area contributed by atoms with Gasteiger partial charge in [-0.15, -0.1) is 0 Å². The number of carbonyl (C=O) groups excluding carboxylic acids is 3. The molecule has 0 saturated carbocycles. The maximum Gasteiger partial charge on any atom is 0.270 e. The summed E-state index contributed by atoms with van der Waals surface area (Å²) in [6.45, 7) is 5.08. The first-order valence-corrected chi connectivity index (χ1v) is 12.1. The van der Waals surface area contributed by atoms with Crippen molar-refractivity contribution < 1.29 is 19.3 Å². The Hall–Kier alpha value is -2.66. The van der Waals surface area contributed by atoms with E-state index in [1.165, 1.54) is 24.3 Å². The monoisotopic (exact) mass is 465 g/mol. The zero-order valence-corrected chi connectivity index (χ0v) is 19.4. The molecule has 1 heterocycles. The number of carbonyl (C=O) groups is 3. The van der Waals surface area contributed by atoms with Crippen LogP contribution < -0.4 is 10.6 Å². The van der Waals surface area contributed by atoms with E-state index >= 15 is 0 Å². The zero-order valence-electron chi connectivity index (χ0n) is 18.5. The molecule has 1 aliphatic heterocycles. The van der Waals surface area contributed by atoms with E-state index in [0.717, 1.165) is 13.0 Å². The van der Waals surface area contributed by atoms with Crippen molar-refractivity contribution in [3.05, 3.63) is 39.9 Å². The molecule has 2 N–H and O–H groups in total. The molecular weight excluding hydrogens is 434 g/mol. The first kappa shape index (κ1) is 25.6. The van der Waals surface area contributed by atoms with E-state index in [9.17, 15) is 24.5 Å². The van der Waals surface area contributed by atoms with Gasteiger partial charge in [0.05, 0.1) is 11.5 Å². The van der Waals surface area contributed by atoms with Gasteiger partial charge in [0.2, 0.25) is 11.8 Å². The van der Waals surface area contributed by atoms with Gasteiger partial charge in [-0.05, 0) is 37.8 Å². The largest absolute Gasteiger partial charge is 0.355 e. The van der Waals surface area contributed by atoms with Crippen LogP contribution in [0.1, 0.15) is 30.1 Å². The highest BCUT2D eigenvalue weighted by atomic mass is 32.2. The molecule has 176 valence electrons. The van der Waals surface area contributed by atoms with Gasteiger partial charge in [-0.1, -0.05) is 6.07 Å². The molecule has 1 aromatic rings. The molecular formula is C21H31N5O5S. The molecule has 0 bridgehead atoms. The van der Waals surface area contributed by atoms with Crippen LogP contribution in [-0.2, 0) is 9.59 Å². The molecule has 1 atom stereocenters. The fraction of sp³-hybridized carbons (Fsp3) is 0.571. The molecule has 32 heavy (non-hydrogen) atoms. The molecule has 10 nitrogen and oxygen atoms in total. The average Bonchev–Trinajstić information content (AvgIpc) is 3.01. The van der Waals surface area contributed by atoms with E-state index < -0.39 is 16.9 Å². The van der Waals surface area contributed by atoms with E-state index in [4.69, 9.17) is 0 Å². The fourth-order valence-electron chi connectivity index (χ4n) is 3.52. The third-order valence-electron chi connectivity index (χ3n) is 5.17. The molecule has 3 amide bonds. The lowest BCUT2D eigenvalue weighted by Crippen LogP contribution is -2.50. The third-order valence-corrected chi connectivity index (χ3v) is 5.82. The summed E-state index contributed by atoms with van der Waals surface area (Å²) in [6.07, 6.45) is 3.12. The van der Waals surface area contributed by atoms with Crippen molar-refractivity contribution >= 4 is 35.2 Å². The zero-order chi connectivity index (χ0) is 23.5. The molecule has 2 rings (SSSR count). The van der Waals surface area contributed by atoms with Crippen LogP contribution in [0.25, 0.3) is 0 Å². The quantitative estimate of drug-likeness (QED) is 0.392. The van der Waals surface area contributed by atoms with Crippen LogP contribution in [0, 0.1) is 10.1 Å². The normalized spacial score (nSPS) is 15.5. The van der Waals surface area contributed by atoms with Crippen LogP contribution in [0.3, 0.4) is 0 Å². The van der Waals surface area contributed by atoms with Crippen molar-refractivity contribution in [2.45, 2.75) is 25.8 Å². The highest BCUT2D eigenvalue weighted by molar-refractivity contribution is 7.98. The topological polar surface area (TPSA) is 125 Å². The second-order valence-corrected chi connectivity index (χ2v) is 8.51. The molecule has 1 unspecified atom stereocenters. The number of hydrogen-bond acceptors (Lipinski definition) is 7. The van der Waals surface area contributed by atoms with Gasteiger partial charge in [0, 0.05) is 50.4 Å². The lowest BCUT2D eigenvalue weighted by Gasteiger charge is -2.27. The number of nitrogens with one attached hydrogen (secondary N) is 2. The van der Waals surface area contributed by atoms with E-state index in [-0.39, 0.29) is 23.1 Å². The summed E-state index contributed by atoms with van der Waals surface area (Å²) >= 11 is 1.58. The molecule has 0 radical (unpaired) electrons. The minimum absolute atomic E-state index is 0.0330. The van der Waals surface area contributed by atoms with Crippen molar-refractivity contribution in [2.75, 3.05) is 51.3 Å². The van der Waals surface area contributed by atoms with Crippen LogP contribution >= 0.6 is 11.8 Å². The second-order valence-electron chi connectivity index (χ2n) is 7.52. The van der Waals surface area contributed by atoms with Gasteiger partial charge in [0.15, 0.2) is 0 Å². The van der Waals surface area contributed by atoms with E-state index in [2.05, 4.69) is 10.6 Å². The lowest BCUT2D eigenvalue weighted by atomic mass is 10.1. The Balaban J connectivity index is 2.04. The van der Waals surface area contributed by atoms with E-state index in [1.807, 2.05) is 18.1 Å². The summed E-state index contributed by atoms with van der Waals surface area (Å²) in [5.41, 5.74) is -0.0329. The van der Waals surface area contributed by atoms with Crippen LogP contribution in [0.5, 0.6) is 0 Å². The average molecular weight is 466 g/mol. The number of nitro groups is 1. The van der Waals surface area contributed by atoms with Crippen LogP contribution in [0.4, 0.5) is 5.69 Å². The predicted octanol–water partition coefficient (Wildman–Crippen LogP) is 1.12. The molecule has 11 heteroatoms. The first-order valence-electron chi connectivity index (χ1n) is 10.7. The maximum atomic E-state index is 13.2. The van der Waals surface area contributed by atoms with Gasteiger partial charge < -0.3 is 15.5 Å². The molecule has 1 saturated heterocycles. The van der Waals surface area contributed by atoms with Gasteiger partial charge in [-0.3, -0.25) is 29.4 Å². The Morgan fingerprint density at radius 1 is 1.22 bits per heavy atom. The molecule has 0 spiro atoms. The molecule has 1 aromatic carbocycles. The number of non-ortho nitro benzene ring substituents is 1. The number of amides is 3. The van der Waals surface area contributed by atoms with Crippen molar-refractivity contribution in [3.63, 3.8) is 0 Å². The molecule has 1 aliphatic rings. The van der Waals surface area contributed by atoms with Crippen molar-refractivity contribution in [1.29, 1.82) is 0 Å². The fourth-order valence-corrected chi connectivity index (χ4v) is 3.99. The number of rotatable bonds is 10. The van der Waals surface area contributed by atoms with Gasteiger partial charge in [0.25, 0.3) is 11.6 Å². The standard InChI is InChI=1S/C21H31N5O5S/c1-3-22-19(27)15-24-9-5-10-25(12-11-24)21(29)18(8-13-32-2)23-20(28)16-6-4-7-17(14-16)26(30)31/h4,6-7,14,18H,3,5,8-13,15H2,1-2H3,(H,22,27)(H,23,28). The minimum Gasteiger partial charge on any atom is -0.355 e. The van der Waals surface area contributed by atoms with Crippen molar-refractivity contribution in [1.82, 2.24) is 20.4 Å². The minimum atomic E-state index is -0.718. The Bertz CT molecular complexity index is 822. The summed E-state index contributed by atoms with van der Waals surface area (Å²) in [4.78, 5) is 52.0. The lowest BCUT2D eigenvalue weighted by molar-refractivity contribution is -0.384. The van der Waals surface area contributed by atoms with Crippen molar-refractivity contribution in [3.8, 4) is 0 Å². The summed E-state index contributed by atoms with van der Waals surface area (Å²) in [5.74, 6) is -0.0316. The number of likely N-dealkylation sites (N-methyl/N-ethyl adjacent to an activating group) is 1. The summed E-state index contributed by atoms with van der Waals surface area (Å²) in [6, 6.07) is 4.74. The summed E-state index contributed by atoms with van der Waals surface area (Å²) in [5, 5.41) is 16.5. The molecule has 1 fully saturated rings. The predicted molar refractivity (Wildman–Crippen MR) is 124 cm³/mol. The van der Waals surface area contributed by atoms with Gasteiger partial charge in [-0.25, -0.2) is 0 Å². The SMILES string of the molecule is CCNC(=O)CN1CCCN(C(=O)C(CCSC)NC(=O)c2cccc([N+](=O)[O-])c2)CC1. The van der Waals surface area contributed by atoms with Gasteiger partial charge in [0.1, 0.15) is 6.04 Å².